The Hall–Kier alpha value is -0.630. The number of allylic oxidation sites excluding steroid dienone is 1. The van der Waals surface area contributed by atoms with Crippen molar-refractivity contribution in [3.05, 3.63) is 11.8 Å². The van der Waals surface area contributed by atoms with Gasteiger partial charge in [-0.3, -0.25) is 4.99 Å². The highest BCUT2D eigenvalue weighted by Crippen LogP contribution is 2.04. The highest BCUT2D eigenvalue weighted by Gasteiger charge is 2.01. The van der Waals surface area contributed by atoms with Gasteiger partial charge in [-0.15, -0.1) is 0 Å². The van der Waals surface area contributed by atoms with Crippen molar-refractivity contribution in [2.24, 2.45) is 4.99 Å². The van der Waals surface area contributed by atoms with Crippen LogP contribution in [0.1, 0.15) is 13.3 Å². The SMILES string of the molecule is CC1=CC(O)CC=N1. The predicted octanol–water partition coefficient (Wildman–Crippen LogP) is 0.726. The number of hydrogen-bond donors (Lipinski definition) is 1. The third-order valence-corrected chi connectivity index (χ3v) is 1.08. The van der Waals surface area contributed by atoms with Crippen LogP contribution in [0.5, 0.6) is 0 Å². The summed E-state index contributed by atoms with van der Waals surface area (Å²) in [4.78, 5) is 3.96. The molecule has 0 saturated carbocycles. The van der Waals surface area contributed by atoms with E-state index in [9.17, 15) is 0 Å². The largest absolute Gasteiger partial charge is 0.389 e. The highest BCUT2D eigenvalue weighted by molar-refractivity contribution is 5.61. The molecule has 0 fully saturated rings. The molecule has 0 aromatic heterocycles. The van der Waals surface area contributed by atoms with Crippen LogP contribution < -0.4 is 0 Å². The molecule has 0 amide bonds. The van der Waals surface area contributed by atoms with Gasteiger partial charge in [0, 0.05) is 18.3 Å². The van der Waals surface area contributed by atoms with Crippen molar-refractivity contribution in [3.63, 3.8) is 0 Å². The van der Waals surface area contributed by atoms with Crippen LogP contribution in [0, 0.1) is 0 Å². The molecule has 44 valence electrons. The van der Waals surface area contributed by atoms with E-state index in [0.717, 1.165) is 5.70 Å². The molecule has 2 heteroatoms. The van der Waals surface area contributed by atoms with Crippen LogP contribution in [0.3, 0.4) is 0 Å². The second-order valence-corrected chi connectivity index (χ2v) is 1.92. The van der Waals surface area contributed by atoms with Crippen LogP contribution in [-0.2, 0) is 0 Å². The van der Waals surface area contributed by atoms with E-state index >= 15 is 0 Å². The summed E-state index contributed by atoms with van der Waals surface area (Å²) in [7, 11) is 0. The Labute approximate surface area is 48.6 Å². The minimum absolute atomic E-state index is 0.299. The first-order valence-corrected chi connectivity index (χ1v) is 2.68. The lowest BCUT2D eigenvalue weighted by Crippen LogP contribution is -2.06. The zero-order valence-corrected chi connectivity index (χ0v) is 4.83. The predicted molar refractivity (Wildman–Crippen MR) is 32.9 cm³/mol. The summed E-state index contributed by atoms with van der Waals surface area (Å²) < 4.78 is 0. The fraction of sp³-hybridized carbons (Fsp3) is 0.500. The highest BCUT2D eigenvalue weighted by atomic mass is 16.3. The first-order chi connectivity index (χ1) is 3.79. The van der Waals surface area contributed by atoms with Crippen LogP contribution in [-0.4, -0.2) is 17.4 Å². The third kappa shape index (κ3) is 1.17. The van der Waals surface area contributed by atoms with Crippen LogP contribution in [0.4, 0.5) is 0 Å². The Morgan fingerprint density at radius 3 is 3.00 bits per heavy atom. The van der Waals surface area contributed by atoms with Gasteiger partial charge in [-0.25, -0.2) is 0 Å². The fourth-order valence-corrected chi connectivity index (χ4v) is 0.694. The maximum absolute atomic E-state index is 8.91. The lowest BCUT2D eigenvalue weighted by molar-refractivity contribution is 0.230. The Bertz CT molecular complexity index is 137. The molecule has 1 aliphatic heterocycles. The second-order valence-electron chi connectivity index (χ2n) is 1.92. The van der Waals surface area contributed by atoms with Crippen molar-refractivity contribution in [3.8, 4) is 0 Å². The standard InChI is InChI=1S/C6H9NO/c1-5-4-6(8)2-3-7-5/h3-4,6,8H,2H2,1H3. The molecular formula is C6H9NO. The fourth-order valence-electron chi connectivity index (χ4n) is 0.694. The van der Waals surface area contributed by atoms with Gasteiger partial charge in [-0.05, 0) is 13.0 Å². The molecule has 2 nitrogen and oxygen atoms in total. The number of aliphatic hydroxyl groups is 1. The first kappa shape index (κ1) is 5.51. The normalized spacial score (nSPS) is 27.8. The average Bonchev–Trinajstić information content (AvgIpc) is 1.64. The molecule has 1 heterocycles. The van der Waals surface area contributed by atoms with Gasteiger partial charge in [0.25, 0.3) is 0 Å². The molecule has 1 atom stereocenters. The molecule has 0 spiro atoms. The zero-order valence-electron chi connectivity index (χ0n) is 4.83. The molecule has 0 aromatic carbocycles. The minimum Gasteiger partial charge on any atom is -0.389 e. The van der Waals surface area contributed by atoms with E-state index in [-0.39, 0.29) is 6.10 Å². The zero-order chi connectivity index (χ0) is 5.98. The molecule has 8 heavy (non-hydrogen) atoms. The molecule has 1 N–H and O–H groups in total. The topological polar surface area (TPSA) is 32.6 Å². The molecule has 0 aromatic rings. The lowest BCUT2D eigenvalue weighted by atomic mass is 10.2. The summed E-state index contributed by atoms with van der Waals surface area (Å²) in [5.41, 5.74) is 0.906. The molecule has 0 saturated heterocycles. The van der Waals surface area contributed by atoms with Gasteiger partial charge in [0.05, 0.1) is 6.10 Å². The van der Waals surface area contributed by atoms with E-state index in [1.807, 2.05) is 6.92 Å². The van der Waals surface area contributed by atoms with Crippen LogP contribution in [0.25, 0.3) is 0 Å². The van der Waals surface area contributed by atoms with Gasteiger partial charge in [0.2, 0.25) is 0 Å². The van der Waals surface area contributed by atoms with Crippen molar-refractivity contribution in [1.82, 2.24) is 0 Å². The van der Waals surface area contributed by atoms with Crippen molar-refractivity contribution in [1.29, 1.82) is 0 Å². The van der Waals surface area contributed by atoms with E-state index in [4.69, 9.17) is 5.11 Å². The lowest BCUT2D eigenvalue weighted by Gasteiger charge is -2.05. The molecule has 0 aliphatic carbocycles. The first-order valence-electron chi connectivity index (χ1n) is 2.68. The average molecular weight is 111 g/mol. The maximum Gasteiger partial charge on any atom is 0.0790 e. The van der Waals surface area contributed by atoms with Crippen molar-refractivity contribution < 1.29 is 5.11 Å². The van der Waals surface area contributed by atoms with Gasteiger partial charge < -0.3 is 5.11 Å². The number of aliphatic imine (C=N–C) groups is 1. The summed E-state index contributed by atoms with van der Waals surface area (Å²) in [5, 5.41) is 8.91. The summed E-state index contributed by atoms with van der Waals surface area (Å²) in [6, 6.07) is 0. The summed E-state index contributed by atoms with van der Waals surface area (Å²) in [5.74, 6) is 0. The maximum atomic E-state index is 8.91. The van der Waals surface area contributed by atoms with Crippen molar-refractivity contribution in [2.45, 2.75) is 19.4 Å². The Kier molecular flexibility index (Phi) is 1.44. The van der Waals surface area contributed by atoms with Crippen LogP contribution in [0.2, 0.25) is 0 Å². The van der Waals surface area contributed by atoms with Gasteiger partial charge in [0.1, 0.15) is 0 Å². The molecule has 0 bridgehead atoms. The molecule has 1 unspecified atom stereocenters. The van der Waals surface area contributed by atoms with Crippen LogP contribution >= 0.6 is 0 Å². The molecular weight excluding hydrogens is 102 g/mol. The Balaban J connectivity index is 2.63. The van der Waals surface area contributed by atoms with Crippen LogP contribution in [0.15, 0.2) is 16.8 Å². The quantitative estimate of drug-likeness (QED) is 0.491. The monoisotopic (exact) mass is 111 g/mol. The van der Waals surface area contributed by atoms with E-state index < -0.39 is 0 Å². The number of hydrogen-bond acceptors (Lipinski definition) is 2. The van der Waals surface area contributed by atoms with Crippen molar-refractivity contribution in [2.75, 3.05) is 0 Å². The summed E-state index contributed by atoms with van der Waals surface area (Å²) in [6.07, 6.45) is 3.85. The molecule has 1 aliphatic rings. The number of rotatable bonds is 0. The van der Waals surface area contributed by atoms with E-state index in [1.54, 1.807) is 12.3 Å². The van der Waals surface area contributed by atoms with Crippen molar-refractivity contribution >= 4 is 6.21 Å². The Morgan fingerprint density at radius 2 is 2.62 bits per heavy atom. The van der Waals surface area contributed by atoms with E-state index in [1.165, 1.54) is 0 Å². The van der Waals surface area contributed by atoms with Gasteiger partial charge in [-0.2, -0.15) is 0 Å². The van der Waals surface area contributed by atoms with E-state index in [2.05, 4.69) is 4.99 Å². The smallest absolute Gasteiger partial charge is 0.0790 e. The summed E-state index contributed by atoms with van der Waals surface area (Å²) >= 11 is 0. The third-order valence-electron chi connectivity index (χ3n) is 1.08. The van der Waals surface area contributed by atoms with E-state index in [0.29, 0.717) is 6.42 Å². The number of nitrogens with zero attached hydrogens (tertiary/aromatic N) is 1. The number of aliphatic hydroxyl groups excluding tert-OH is 1. The summed E-state index contributed by atoms with van der Waals surface area (Å²) in [6.45, 7) is 1.87. The Morgan fingerprint density at radius 1 is 1.88 bits per heavy atom. The molecule has 1 rings (SSSR count). The van der Waals surface area contributed by atoms with Gasteiger partial charge in [-0.1, -0.05) is 0 Å². The second kappa shape index (κ2) is 2.09. The molecule has 0 radical (unpaired) electrons. The van der Waals surface area contributed by atoms with Gasteiger partial charge in [0.15, 0.2) is 0 Å². The minimum atomic E-state index is -0.299. The van der Waals surface area contributed by atoms with Gasteiger partial charge >= 0.3 is 0 Å².